The Morgan fingerprint density at radius 2 is 1.48 bits per heavy atom. The predicted octanol–water partition coefficient (Wildman–Crippen LogP) is 8.00. The van der Waals surface area contributed by atoms with E-state index in [1.54, 1.807) is 0 Å². The lowest BCUT2D eigenvalue weighted by Gasteiger charge is -2.45. The Balaban J connectivity index is 2.34. The van der Waals surface area contributed by atoms with Gasteiger partial charge in [-0.25, -0.2) is 4.79 Å². The third-order valence-electron chi connectivity index (χ3n) is 10.1. The molecule has 46 heavy (non-hydrogen) atoms. The molecule has 0 unspecified atom stereocenters. The van der Waals surface area contributed by atoms with E-state index < -0.39 is 34.6 Å². The molecule has 8 heteroatoms. The molecule has 0 heterocycles. The molecule has 1 aliphatic carbocycles. The molecule has 2 aromatic rings. The quantitative estimate of drug-likeness (QED) is 0.0449. The monoisotopic (exact) mass is 680 g/mol. The first-order valence-electron chi connectivity index (χ1n) is 16.4. The molecule has 0 spiro atoms. The second kappa shape index (κ2) is 16.0. The second-order valence-corrected chi connectivity index (χ2v) is 22.7. The maximum absolute atomic E-state index is 13.0. The van der Waals surface area contributed by atoms with Crippen molar-refractivity contribution < 1.29 is 23.2 Å². The third-order valence-corrected chi connectivity index (χ3v) is 20.1. The summed E-state index contributed by atoms with van der Waals surface area (Å²) in [4.78, 5) is 25.8. The summed E-state index contributed by atoms with van der Waals surface area (Å²) in [5.74, 6) is -1.49. The highest BCUT2D eigenvalue weighted by molar-refractivity contribution is 6.99. The molecule has 4 atom stereocenters. The molecule has 250 valence electrons. The van der Waals surface area contributed by atoms with Crippen molar-refractivity contribution >= 4 is 50.9 Å². The number of allylic oxidation sites excluding steroid dienone is 1. The molecule has 3 rings (SSSR count). The minimum absolute atomic E-state index is 0.0839. The van der Waals surface area contributed by atoms with E-state index in [0.29, 0.717) is 6.42 Å². The molecular weight excluding hydrogens is 628 g/mol. The van der Waals surface area contributed by atoms with E-state index in [1.165, 1.54) is 17.5 Å². The molecule has 0 saturated heterocycles. The van der Waals surface area contributed by atoms with E-state index >= 15 is 0 Å². The number of carbonyl (C=O) groups excluding carboxylic acids is 2. The Morgan fingerprint density at radius 1 is 0.978 bits per heavy atom. The van der Waals surface area contributed by atoms with Crippen molar-refractivity contribution in [2.24, 2.45) is 11.8 Å². The fourth-order valence-corrected chi connectivity index (χ4v) is 14.8. The maximum Gasteiger partial charge on any atom is 0.333 e. The smallest absolute Gasteiger partial charge is 0.333 e. The van der Waals surface area contributed by atoms with Crippen molar-refractivity contribution in [1.82, 2.24) is 0 Å². The van der Waals surface area contributed by atoms with Gasteiger partial charge in [0, 0.05) is 17.4 Å². The number of methoxy groups -OCH3 is 1. The van der Waals surface area contributed by atoms with Gasteiger partial charge in [0.2, 0.25) is 0 Å². The Morgan fingerprint density at radius 3 is 1.87 bits per heavy atom. The first-order chi connectivity index (χ1) is 21.8. The number of aldehydes is 1. The Kier molecular flexibility index (Phi) is 13.2. The van der Waals surface area contributed by atoms with Crippen LogP contribution in [0.15, 0.2) is 96.1 Å². The lowest BCUT2D eigenvalue weighted by molar-refractivity contribution is -0.137. The molecule has 5 nitrogen and oxygen atoms in total. The number of halogens is 1. The molecule has 2 aromatic carbocycles. The van der Waals surface area contributed by atoms with E-state index in [2.05, 4.69) is 110 Å². The fraction of sp³-hybridized carbons (Fsp3) is 0.474. The molecule has 0 N–H and O–H groups in total. The molecule has 0 aromatic heterocycles. The van der Waals surface area contributed by atoms with E-state index in [9.17, 15) is 9.59 Å². The zero-order valence-corrected chi connectivity index (χ0v) is 31.8. The van der Waals surface area contributed by atoms with Crippen LogP contribution in [0.5, 0.6) is 0 Å². The molecule has 0 amide bonds. The van der Waals surface area contributed by atoms with Gasteiger partial charge in [0.15, 0.2) is 8.32 Å². The zero-order valence-electron chi connectivity index (χ0n) is 29.0. The van der Waals surface area contributed by atoms with Crippen molar-refractivity contribution in [3.05, 3.63) is 96.1 Å². The summed E-state index contributed by atoms with van der Waals surface area (Å²) >= 11 is 6.51. The van der Waals surface area contributed by atoms with Crippen LogP contribution < -0.4 is 10.4 Å². The molecular formula is C38H53ClO5Si2. The highest BCUT2D eigenvalue weighted by Gasteiger charge is 2.54. The van der Waals surface area contributed by atoms with Gasteiger partial charge in [0.1, 0.15) is 6.29 Å². The SMILES string of the molecule is C=C(CCl)[C@@H]1C[C@H](O[Si](c2ccccc2)(c2ccccc2)C(C)(C)C)C(C)=C1[C@H](O[Si](CC)(CC)CC)[C@@H](C=O)C(=C)C(=O)OC. The van der Waals surface area contributed by atoms with Crippen molar-refractivity contribution in [3.63, 3.8) is 0 Å². The van der Waals surface area contributed by atoms with Gasteiger partial charge in [-0.05, 0) is 58.0 Å². The third kappa shape index (κ3) is 7.44. The number of hydrogen-bond donors (Lipinski definition) is 0. The average molecular weight is 681 g/mol. The lowest BCUT2D eigenvalue weighted by atomic mass is 9.82. The van der Waals surface area contributed by atoms with E-state index in [1.807, 2.05) is 12.1 Å². The Labute approximate surface area is 284 Å². The van der Waals surface area contributed by atoms with Crippen LogP contribution >= 0.6 is 11.6 Å². The minimum Gasteiger partial charge on any atom is -0.466 e. The second-order valence-electron chi connectivity index (χ2n) is 13.4. The van der Waals surface area contributed by atoms with Crippen LogP contribution in [0.3, 0.4) is 0 Å². The Bertz CT molecular complexity index is 1350. The van der Waals surface area contributed by atoms with Gasteiger partial charge in [-0.1, -0.05) is 121 Å². The predicted molar refractivity (Wildman–Crippen MR) is 196 cm³/mol. The van der Waals surface area contributed by atoms with Gasteiger partial charge in [0.05, 0.1) is 25.2 Å². The highest BCUT2D eigenvalue weighted by atomic mass is 35.5. The van der Waals surface area contributed by atoms with Gasteiger partial charge in [-0.15, -0.1) is 11.6 Å². The average Bonchev–Trinajstić information content (AvgIpc) is 3.39. The van der Waals surface area contributed by atoms with Crippen LogP contribution in [0.4, 0.5) is 0 Å². The lowest BCUT2D eigenvalue weighted by Crippen LogP contribution is -2.67. The number of benzene rings is 2. The zero-order chi connectivity index (χ0) is 34.3. The van der Waals surface area contributed by atoms with Crippen LogP contribution in [0, 0.1) is 11.8 Å². The summed E-state index contributed by atoms with van der Waals surface area (Å²) in [5.41, 5.74) is 2.86. The number of ether oxygens (including phenoxy) is 1. The summed E-state index contributed by atoms with van der Waals surface area (Å²) in [6.45, 7) is 23.8. The van der Waals surface area contributed by atoms with Crippen molar-refractivity contribution in [3.8, 4) is 0 Å². The number of rotatable bonds is 16. The van der Waals surface area contributed by atoms with Gasteiger partial charge in [0.25, 0.3) is 8.32 Å². The van der Waals surface area contributed by atoms with Crippen molar-refractivity contribution in [2.75, 3.05) is 13.0 Å². The van der Waals surface area contributed by atoms with Crippen LogP contribution in [0.1, 0.15) is 54.9 Å². The van der Waals surface area contributed by atoms with Crippen molar-refractivity contribution in [1.29, 1.82) is 0 Å². The topological polar surface area (TPSA) is 61.8 Å². The highest BCUT2D eigenvalue weighted by Crippen LogP contribution is 2.47. The normalized spacial score (nSPS) is 18.6. The molecule has 0 saturated carbocycles. The first-order valence-corrected chi connectivity index (χ1v) is 21.4. The van der Waals surface area contributed by atoms with E-state index in [-0.39, 0.29) is 28.5 Å². The molecule has 0 fully saturated rings. The summed E-state index contributed by atoms with van der Waals surface area (Å²) in [6, 6.07) is 23.8. The summed E-state index contributed by atoms with van der Waals surface area (Å²) < 4.78 is 19.9. The number of carbonyl (C=O) groups is 2. The largest absolute Gasteiger partial charge is 0.466 e. The molecule has 0 radical (unpaired) electrons. The summed E-state index contributed by atoms with van der Waals surface area (Å²) in [6.07, 6.45) is 0.401. The van der Waals surface area contributed by atoms with Gasteiger partial charge in [-0.3, -0.25) is 0 Å². The summed E-state index contributed by atoms with van der Waals surface area (Å²) in [7, 11) is -3.93. The van der Waals surface area contributed by atoms with Crippen molar-refractivity contribution in [2.45, 2.75) is 90.3 Å². The first kappa shape index (κ1) is 37.9. The van der Waals surface area contributed by atoms with E-state index in [0.717, 1.165) is 41.1 Å². The molecule has 0 aliphatic heterocycles. The van der Waals surface area contributed by atoms with Crippen LogP contribution in [-0.4, -0.2) is 54.1 Å². The van der Waals surface area contributed by atoms with E-state index in [4.69, 9.17) is 25.2 Å². The van der Waals surface area contributed by atoms with Gasteiger partial charge < -0.3 is 18.4 Å². The maximum atomic E-state index is 13.0. The fourth-order valence-electron chi connectivity index (χ4n) is 7.13. The van der Waals surface area contributed by atoms with Crippen LogP contribution in [-0.2, 0) is 23.2 Å². The standard InChI is InChI=1S/C38H53ClO5Si2/c1-11-45(12-2,13-3)44-36(33(26-40)28(5)37(41)42-10)35-29(6)34(24-32(35)27(4)25-39)43-46(38(7,8)9,30-20-16-14-17-21-30)31-22-18-15-19-23-31/h14-23,26,32-34,36H,4-5,11-13,24-25H2,1-3,6-10H3/t32-,33-,34-,36+/m0/s1. The van der Waals surface area contributed by atoms with Crippen LogP contribution in [0.25, 0.3) is 0 Å². The van der Waals surface area contributed by atoms with Crippen LogP contribution in [0.2, 0.25) is 23.2 Å². The number of esters is 1. The number of alkyl halides is 1. The summed E-state index contributed by atoms with van der Waals surface area (Å²) in [5, 5.41) is 2.15. The molecule has 0 bridgehead atoms. The minimum atomic E-state index is -2.93. The van der Waals surface area contributed by atoms with Gasteiger partial charge >= 0.3 is 5.97 Å². The Hall–Kier alpha value is -2.56. The molecule has 1 aliphatic rings. The van der Waals surface area contributed by atoms with Gasteiger partial charge in [-0.2, -0.15) is 0 Å². The number of hydrogen-bond acceptors (Lipinski definition) is 5.